The molecule has 2 aromatic carbocycles. The zero-order chi connectivity index (χ0) is 16.2. The molecule has 1 aromatic heterocycles. The molecule has 1 heterocycles. The summed E-state index contributed by atoms with van der Waals surface area (Å²) < 4.78 is 8.22. The maximum atomic E-state index is 6.00. The number of hydrogen-bond donors (Lipinski definition) is 1. The van der Waals surface area contributed by atoms with Crippen LogP contribution in [0.3, 0.4) is 0 Å². The Balaban J connectivity index is 1.37. The molecule has 1 aliphatic carbocycles. The monoisotopic (exact) mass is 319 g/mol. The van der Waals surface area contributed by atoms with Crippen LogP contribution in [0, 0.1) is 0 Å². The minimum Gasteiger partial charge on any atom is -0.457 e. The fraction of sp³-hybridized carbons (Fsp3) is 0.250. The van der Waals surface area contributed by atoms with E-state index in [4.69, 9.17) is 4.74 Å². The van der Waals surface area contributed by atoms with Crippen LogP contribution in [0.25, 0.3) is 0 Å². The molecule has 1 N–H and O–H groups in total. The first-order valence-electron chi connectivity index (χ1n) is 8.42. The van der Waals surface area contributed by atoms with E-state index in [-0.39, 0.29) is 0 Å². The van der Waals surface area contributed by atoms with Crippen molar-refractivity contribution in [1.29, 1.82) is 0 Å². The van der Waals surface area contributed by atoms with Crippen molar-refractivity contribution in [2.45, 2.75) is 32.0 Å². The SMILES string of the molecule is c1ccc(Oc2ccccc2CNCc2cn(C3CC3)cn2)cc1. The van der Waals surface area contributed by atoms with Gasteiger partial charge < -0.3 is 14.6 Å². The third kappa shape index (κ3) is 3.66. The van der Waals surface area contributed by atoms with Gasteiger partial charge in [-0.2, -0.15) is 0 Å². The fourth-order valence-corrected chi connectivity index (χ4v) is 2.73. The number of aromatic nitrogens is 2. The third-order valence-corrected chi connectivity index (χ3v) is 4.19. The summed E-state index contributed by atoms with van der Waals surface area (Å²) in [5, 5.41) is 3.46. The van der Waals surface area contributed by atoms with Crippen LogP contribution in [0.15, 0.2) is 67.1 Å². The smallest absolute Gasteiger partial charge is 0.131 e. The van der Waals surface area contributed by atoms with Gasteiger partial charge in [0.2, 0.25) is 0 Å². The standard InChI is InChI=1S/C20H21N3O/c1-2-7-19(8-3-1)24-20-9-5-4-6-16(20)12-21-13-17-14-23(15-22-17)18-10-11-18/h1-9,14-15,18,21H,10-13H2. The van der Waals surface area contributed by atoms with Crippen LogP contribution in [0.4, 0.5) is 0 Å². The highest BCUT2D eigenvalue weighted by Gasteiger charge is 2.23. The molecule has 0 saturated heterocycles. The molecule has 3 aromatic rings. The second-order valence-corrected chi connectivity index (χ2v) is 6.17. The summed E-state index contributed by atoms with van der Waals surface area (Å²) in [7, 11) is 0. The number of rotatable bonds is 7. The van der Waals surface area contributed by atoms with Crippen molar-refractivity contribution in [2.24, 2.45) is 0 Å². The number of nitrogens with one attached hydrogen (secondary N) is 1. The van der Waals surface area contributed by atoms with Crippen LogP contribution in [0.1, 0.15) is 30.1 Å². The largest absolute Gasteiger partial charge is 0.457 e. The summed E-state index contributed by atoms with van der Waals surface area (Å²) in [6.07, 6.45) is 6.67. The highest BCUT2D eigenvalue weighted by atomic mass is 16.5. The van der Waals surface area contributed by atoms with Gasteiger partial charge in [0.05, 0.1) is 12.0 Å². The summed E-state index contributed by atoms with van der Waals surface area (Å²) in [6, 6.07) is 18.7. The Morgan fingerprint density at radius 1 is 1.00 bits per heavy atom. The molecule has 1 aliphatic rings. The Hall–Kier alpha value is -2.59. The molecule has 0 radical (unpaired) electrons. The summed E-state index contributed by atoms with van der Waals surface area (Å²) >= 11 is 0. The van der Waals surface area contributed by atoms with E-state index in [9.17, 15) is 0 Å². The maximum absolute atomic E-state index is 6.00. The van der Waals surface area contributed by atoms with Crippen LogP contribution < -0.4 is 10.1 Å². The van der Waals surface area contributed by atoms with Crippen LogP contribution in [0.2, 0.25) is 0 Å². The van der Waals surface area contributed by atoms with E-state index in [1.807, 2.05) is 54.9 Å². The highest BCUT2D eigenvalue weighted by Crippen LogP contribution is 2.34. The van der Waals surface area contributed by atoms with Crippen LogP contribution in [0.5, 0.6) is 11.5 Å². The first-order chi connectivity index (χ1) is 11.9. The summed E-state index contributed by atoms with van der Waals surface area (Å²) in [5.74, 6) is 1.74. The number of ether oxygens (including phenoxy) is 1. The van der Waals surface area contributed by atoms with Gasteiger partial charge in [-0.25, -0.2) is 4.98 Å². The summed E-state index contributed by atoms with van der Waals surface area (Å²) in [5.41, 5.74) is 2.23. The molecule has 0 amide bonds. The van der Waals surface area contributed by atoms with Crippen molar-refractivity contribution in [3.63, 3.8) is 0 Å². The van der Waals surface area contributed by atoms with E-state index in [1.54, 1.807) is 0 Å². The second kappa shape index (κ2) is 6.89. The van der Waals surface area contributed by atoms with Gasteiger partial charge in [0.15, 0.2) is 0 Å². The van der Waals surface area contributed by atoms with Gasteiger partial charge in [0.1, 0.15) is 11.5 Å². The first kappa shape index (κ1) is 15.0. The Kier molecular flexibility index (Phi) is 4.30. The molecule has 0 spiro atoms. The van der Waals surface area contributed by atoms with Crippen LogP contribution in [-0.4, -0.2) is 9.55 Å². The molecule has 0 aliphatic heterocycles. The topological polar surface area (TPSA) is 39.1 Å². The van der Waals surface area contributed by atoms with Crippen molar-refractivity contribution in [1.82, 2.24) is 14.9 Å². The average Bonchev–Trinajstić information content (AvgIpc) is 3.37. The van der Waals surface area contributed by atoms with Crippen molar-refractivity contribution in [3.8, 4) is 11.5 Å². The molecule has 1 fully saturated rings. The van der Waals surface area contributed by atoms with Gasteiger partial charge in [-0.3, -0.25) is 0 Å². The summed E-state index contributed by atoms with van der Waals surface area (Å²) in [4.78, 5) is 4.47. The van der Waals surface area contributed by atoms with Crippen molar-refractivity contribution >= 4 is 0 Å². The molecular weight excluding hydrogens is 298 g/mol. The van der Waals surface area contributed by atoms with Crippen molar-refractivity contribution in [3.05, 3.63) is 78.4 Å². The molecule has 4 rings (SSSR count). The number of hydrogen-bond acceptors (Lipinski definition) is 3. The quantitative estimate of drug-likeness (QED) is 0.705. The van der Waals surface area contributed by atoms with Crippen LogP contribution in [-0.2, 0) is 13.1 Å². The lowest BCUT2D eigenvalue weighted by molar-refractivity contribution is 0.472. The predicted molar refractivity (Wildman–Crippen MR) is 94.0 cm³/mol. The predicted octanol–water partition coefficient (Wildman–Crippen LogP) is 4.30. The van der Waals surface area contributed by atoms with E-state index < -0.39 is 0 Å². The van der Waals surface area contributed by atoms with E-state index in [2.05, 4.69) is 27.1 Å². The third-order valence-electron chi connectivity index (χ3n) is 4.19. The number of nitrogens with zero attached hydrogens (tertiary/aromatic N) is 2. The summed E-state index contributed by atoms with van der Waals surface area (Å²) in [6.45, 7) is 1.51. The molecule has 4 nitrogen and oxygen atoms in total. The van der Waals surface area contributed by atoms with Gasteiger partial charge >= 0.3 is 0 Å². The Labute approximate surface area is 142 Å². The lowest BCUT2D eigenvalue weighted by atomic mass is 10.2. The fourth-order valence-electron chi connectivity index (χ4n) is 2.73. The molecular formula is C20H21N3O. The molecule has 122 valence electrons. The van der Waals surface area contributed by atoms with Gasteiger partial charge in [0.25, 0.3) is 0 Å². The van der Waals surface area contributed by atoms with Crippen molar-refractivity contribution in [2.75, 3.05) is 0 Å². The molecule has 0 unspecified atom stereocenters. The Morgan fingerprint density at radius 2 is 1.79 bits per heavy atom. The minimum atomic E-state index is 0.686. The zero-order valence-electron chi connectivity index (χ0n) is 13.6. The lowest BCUT2D eigenvalue weighted by Gasteiger charge is -2.11. The molecule has 4 heteroatoms. The van der Waals surface area contributed by atoms with Gasteiger partial charge in [-0.15, -0.1) is 0 Å². The van der Waals surface area contributed by atoms with Gasteiger partial charge in [-0.1, -0.05) is 36.4 Å². The van der Waals surface area contributed by atoms with E-state index in [0.29, 0.717) is 6.04 Å². The average molecular weight is 319 g/mol. The van der Waals surface area contributed by atoms with E-state index >= 15 is 0 Å². The number of benzene rings is 2. The van der Waals surface area contributed by atoms with E-state index in [1.165, 1.54) is 12.8 Å². The molecule has 1 saturated carbocycles. The minimum absolute atomic E-state index is 0.686. The van der Waals surface area contributed by atoms with Gasteiger partial charge in [-0.05, 0) is 31.0 Å². The number of para-hydroxylation sites is 2. The maximum Gasteiger partial charge on any atom is 0.131 e. The lowest BCUT2D eigenvalue weighted by Crippen LogP contribution is -2.13. The molecule has 0 bridgehead atoms. The molecule has 24 heavy (non-hydrogen) atoms. The van der Waals surface area contributed by atoms with Gasteiger partial charge in [0, 0.05) is 30.9 Å². The highest BCUT2D eigenvalue weighted by molar-refractivity contribution is 5.37. The van der Waals surface area contributed by atoms with Crippen LogP contribution >= 0.6 is 0 Å². The Bertz CT molecular complexity index is 793. The first-order valence-corrected chi connectivity index (χ1v) is 8.42. The molecule has 0 atom stereocenters. The second-order valence-electron chi connectivity index (χ2n) is 6.17. The normalized spacial score (nSPS) is 13.8. The number of imidazole rings is 1. The van der Waals surface area contributed by atoms with E-state index in [0.717, 1.165) is 35.8 Å². The zero-order valence-corrected chi connectivity index (χ0v) is 13.6. The van der Waals surface area contributed by atoms with Crippen molar-refractivity contribution < 1.29 is 4.74 Å². The Morgan fingerprint density at radius 3 is 2.62 bits per heavy atom.